The number of aliphatic imine (C=N–C) groups is 1. The predicted octanol–water partition coefficient (Wildman–Crippen LogP) is 2.57. The van der Waals surface area contributed by atoms with Gasteiger partial charge in [-0.2, -0.15) is 13.2 Å². The first-order valence-corrected chi connectivity index (χ1v) is 14.7. The number of aliphatic hydroxyl groups excluding tert-OH is 2. The molecule has 41 heavy (non-hydrogen) atoms. The highest BCUT2D eigenvalue weighted by Gasteiger charge is 2.47. The average Bonchev–Trinajstić information content (AvgIpc) is 3.21. The molecule has 1 fully saturated rings. The molecule has 1 unspecified atom stereocenters. The van der Waals surface area contributed by atoms with Crippen LogP contribution in [0.5, 0.6) is 0 Å². The summed E-state index contributed by atoms with van der Waals surface area (Å²) in [5, 5.41) is 22.9. The van der Waals surface area contributed by atoms with Crippen LogP contribution in [0.3, 0.4) is 0 Å². The van der Waals surface area contributed by atoms with Gasteiger partial charge in [0.25, 0.3) is 0 Å². The number of anilines is 1. The first kappa shape index (κ1) is 30.9. The SMILES string of the molecule is CC(=O)N(CCO)c1ccc(CCS(=O)(=O)N2CCC3(CC2)NC(c2ccc(F)c(C(F)(F)F)c2)=NC3O)c(C)c1. The normalized spacial score (nSPS) is 19.2. The summed E-state index contributed by atoms with van der Waals surface area (Å²) in [4.78, 5) is 17.4. The third kappa shape index (κ3) is 6.55. The van der Waals surface area contributed by atoms with Crippen molar-refractivity contribution in [3.8, 4) is 0 Å². The van der Waals surface area contributed by atoms with Crippen molar-refractivity contribution in [3.05, 3.63) is 64.5 Å². The van der Waals surface area contributed by atoms with E-state index >= 15 is 0 Å². The summed E-state index contributed by atoms with van der Waals surface area (Å²) in [7, 11) is -3.68. The number of aryl methyl sites for hydroxylation is 2. The minimum absolute atomic E-state index is 0.0134. The maximum absolute atomic E-state index is 13.7. The molecule has 0 bridgehead atoms. The van der Waals surface area contributed by atoms with Gasteiger partial charge >= 0.3 is 6.18 Å². The molecule has 1 saturated heterocycles. The van der Waals surface area contributed by atoms with Gasteiger partial charge in [0.2, 0.25) is 15.9 Å². The van der Waals surface area contributed by atoms with Crippen LogP contribution in [-0.2, 0) is 27.4 Å². The van der Waals surface area contributed by atoms with Crippen molar-refractivity contribution in [2.45, 2.75) is 51.1 Å². The number of nitrogens with one attached hydrogen (secondary N) is 1. The highest BCUT2D eigenvalue weighted by atomic mass is 32.2. The monoisotopic (exact) mass is 600 g/mol. The van der Waals surface area contributed by atoms with Gasteiger partial charge in [0.1, 0.15) is 11.7 Å². The lowest BCUT2D eigenvalue weighted by Gasteiger charge is -2.40. The van der Waals surface area contributed by atoms with Crippen molar-refractivity contribution < 1.29 is 41.0 Å². The number of carbonyl (C=O) groups is 1. The molecule has 0 saturated carbocycles. The van der Waals surface area contributed by atoms with Gasteiger partial charge in [-0.15, -0.1) is 0 Å². The predicted molar refractivity (Wildman–Crippen MR) is 144 cm³/mol. The number of benzene rings is 2. The minimum Gasteiger partial charge on any atom is -0.395 e. The molecule has 2 heterocycles. The molecule has 224 valence electrons. The van der Waals surface area contributed by atoms with E-state index in [9.17, 15) is 41.0 Å². The van der Waals surface area contributed by atoms with Crippen LogP contribution in [0.25, 0.3) is 0 Å². The average molecular weight is 601 g/mol. The van der Waals surface area contributed by atoms with Crippen LogP contribution < -0.4 is 10.2 Å². The van der Waals surface area contributed by atoms with Crippen LogP contribution in [0.2, 0.25) is 0 Å². The summed E-state index contributed by atoms with van der Waals surface area (Å²) in [6.45, 7) is 3.30. The molecule has 4 rings (SSSR count). The zero-order valence-corrected chi connectivity index (χ0v) is 23.4. The van der Waals surface area contributed by atoms with Gasteiger partial charge in [-0.1, -0.05) is 6.07 Å². The Morgan fingerprint density at radius 1 is 1.20 bits per heavy atom. The number of sulfonamides is 1. The van der Waals surface area contributed by atoms with Gasteiger partial charge in [0, 0.05) is 37.8 Å². The van der Waals surface area contributed by atoms with E-state index in [0.29, 0.717) is 17.8 Å². The maximum atomic E-state index is 13.7. The topological polar surface area (TPSA) is 123 Å². The number of amidine groups is 1. The highest BCUT2D eigenvalue weighted by Crippen LogP contribution is 2.35. The van der Waals surface area contributed by atoms with Crippen LogP contribution >= 0.6 is 0 Å². The molecule has 2 aromatic rings. The Balaban J connectivity index is 1.38. The maximum Gasteiger partial charge on any atom is 0.419 e. The number of rotatable bonds is 8. The first-order valence-electron chi connectivity index (χ1n) is 13.0. The molecule has 1 amide bonds. The number of halogens is 4. The Hall–Kier alpha value is -3.07. The molecule has 0 aliphatic carbocycles. The lowest BCUT2D eigenvalue weighted by atomic mass is 9.87. The summed E-state index contributed by atoms with van der Waals surface area (Å²) in [6, 6.07) is 7.70. The van der Waals surface area contributed by atoms with Gasteiger partial charge in [-0.25, -0.2) is 22.1 Å². The second-order valence-electron chi connectivity index (χ2n) is 10.3. The molecular formula is C27H32F4N4O5S. The van der Waals surface area contributed by atoms with Crippen molar-refractivity contribution in [3.63, 3.8) is 0 Å². The van der Waals surface area contributed by atoms with Crippen LogP contribution in [0.4, 0.5) is 23.2 Å². The fraction of sp³-hybridized carbons (Fsp3) is 0.481. The van der Waals surface area contributed by atoms with E-state index in [-0.39, 0.29) is 68.6 Å². The summed E-state index contributed by atoms with van der Waals surface area (Å²) in [5.41, 5.74) is -0.330. The zero-order valence-electron chi connectivity index (χ0n) is 22.6. The number of amides is 1. The number of aliphatic hydroxyl groups is 2. The molecular weight excluding hydrogens is 568 g/mol. The number of nitrogens with zero attached hydrogens (tertiary/aromatic N) is 3. The number of hydrogen-bond acceptors (Lipinski definition) is 7. The molecule has 0 aromatic heterocycles. The van der Waals surface area contributed by atoms with E-state index in [1.165, 1.54) is 16.1 Å². The van der Waals surface area contributed by atoms with Crippen LogP contribution in [0.1, 0.15) is 42.0 Å². The first-order chi connectivity index (χ1) is 19.2. The highest BCUT2D eigenvalue weighted by molar-refractivity contribution is 7.89. The quantitative estimate of drug-likeness (QED) is 0.401. The molecule has 3 N–H and O–H groups in total. The summed E-state index contributed by atoms with van der Waals surface area (Å²) in [5.74, 6) is -1.82. The molecule has 9 nitrogen and oxygen atoms in total. The Labute approximate surface area is 235 Å². The van der Waals surface area contributed by atoms with Gasteiger partial charge in [0.05, 0.1) is 23.5 Å². The second-order valence-corrected chi connectivity index (χ2v) is 12.4. The third-order valence-electron chi connectivity index (χ3n) is 7.64. The third-order valence-corrected chi connectivity index (χ3v) is 9.51. The van der Waals surface area contributed by atoms with E-state index in [2.05, 4.69) is 10.3 Å². The Morgan fingerprint density at radius 2 is 1.88 bits per heavy atom. The van der Waals surface area contributed by atoms with Crippen molar-refractivity contribution >= 4 is 27.5 Å². The van der Waals surface area contributed by atoms with Gasteiger partial charge in [0.15, 0.2) is 6.23 Å². The number of alkyl halides is 3. The molecule has 2 aliphatic heterocycles. The summed E-state index contributed by atoms with van der Waals surface area (Å²) >= 11 is 0. The van der Waals surface area contributed by atoms with Crippen LogP contribution in [-0.4, -0.2) is 78.4 Å². The fourth-order valence-corrected chi connectivity index (χ4v) is 6.70. The van der Waals surface area contributed by atoms with E-state index in [4.69, 9.17) is 0 Å². The van der Waals surface area contributed by atoms with Crippen molar-refractivity contribution in [1.82, 2.24) is 9.62 Å². The van der Waals surface area contributed by atoms with E-state index < -0.39 is 39.3 Å². The van der Waals surface area contributed by atoms with Crippen LogP contribution in [0, 0.1) is 12.7 Å². The van der Waals surface area contributed by atoms with Crippen LogP contribution in [0.15, 0.2) is 41.4 Å². The van der Waals surface area contributed by atoms with Gasteiger partial charge in [-0.05, 0) is 67.6 Å². The lowest BCUT2D eigenvalue weighted by Crippen LogP contribution is -2.58. The molecule has 1 atom stereocenters. The molecule has 2 aliphatic rings. The molecule has 2 aromatic carbocycles. The number of carbonyl (C=O) groups excluding carboxylic acids is 1. The summed E-state index contributed by atoms with van der Waals surface area (Å²) in [6.07, 6.45) is -5.66. The number of hydrogen-bond donors (Lipinski definition) is 3. The standard InChI is InChI=1S/C27H32F4N4O5S/c1-17-15-21(35(12-13-36)18(2)37)5-3-19(17)7-14-41(39,40)34-10-8-26(9-11-34)25(38)32-24(33-26)20-4-6-23(28)22(16-20)27(29,30)31/h3-6,15-16,25,36,38H,7-14H2,1-2H3,(H,32,33). The fourth-order valence-electron chi connectivity index (χ4n) is 5.23. The van der Waals surface area contributed by atoms with E-state index in [0.717, 1.165) is 17.2 Å². The van der Waals surface area contributed by atoms with Gasteiger partial charge < -0.3 is 20.4 Å². The minimum atomic E-state index is -4.90. The van der Waals surface area contributed by atoms with Crippen molar-refractivity contribution in [2.75, 3.05) is 36.9 Å². The van der Waals surface area contributed by atoms with E-state index in [1.807, 2.05) is 6.92 Å². The largest absolute Gasteiger partial charge is 0.419 e. The van der Waals surface area contributed by atoms with E-state index in [1.54, 1.807) is 18.2 Å². The smallest absolute Gasteiger partial charge is 0.395 e. The summed E-state index contributed by atoms with van der Waals surface area (Å²) < 4.78 is 80.8. The molecule has 0 radical (unpaired) electrons. The Bertz CT molecular complexity index is 1440. The van der Waals surface area contributed by atoms with Crippen molar-refractivity contribution in [1.29, 1.82) is 0 Å². The van der Waals surface area contributed by atoms with Crippen molar-refractivity contribution in [2.24, 2.45) is 4.99 Å². The zero-order chi connectivity index (χ0) is 30.2. The van der Waals surface area contributed by atoms with Gasteiger partial charge in [-0.3, -0.25) is 4.79 Å². The molecule has 14 heteroatoms. The lowest BCUT2D eigenvalue weighted by molar-refractivity contribution is -0.140. The molecule has 1 spiro atoms. The number of piperidine rings is 1. The Morgan fingerprint density at radius 3 is 2.46 bits per heavy atom. The second kappa shape index (κ2) is 11.7. The Kier molecular flexibility index (Phi) is 8.79.